The monoisotopic (exact) mass is 364 g/mol. The van der Waals surface area contributed by atoms with Crippen LogP contribution in [0.4, 0.5) is 5.69 Å². The number of rotatable bonds is 5. The van der Waals surface area contributed by atoms with Gasteiger partial charge in [0.2, 0.25) is 0 Å². The van der Waals surface area contributed by atoms with Gasteiger partial charge in [0, 0.05) is 35.9 Å². The first-order chi connectivity index (χ1) is 13.0. The van der Waals surface area contributed by atoms with Gasteiger partial charge in [0.1, 0.15) is 0 Å². The molecule has 0 bridgehead atoms. The topological polar surface area (TPSA) is 43.7 Å². The van der Waals surface area contributed by atoms with Crippen molar-refractivity contribution < 1.29 is 14.3 Å². The molecule has 1 heterocycles. The first-order valence-electron chi connectivity index (χ1n) is 8.72. The molecular formula is C22H24N2O3. The van der Waals surface area contributed by atoms with Gasteiger partial charge in [0.25, 0.3) is 5.91 Å². The van der Waals surface area contributed by atoms with Gasteiger partial charge >= 0.3 is 0 Å². The average Bonchev–Trinajstić information content (AvgIpc) is 3.00. The first-order valence-corrected chi connectivity index (χ1v) is 8.72. The summed E-state index contributed by atoms with van der Waals surface area (Å²) in [6.45, 7) is 3.98. The van der Waals surface area contributed by atoms with Gasteiger partial charge in [-0.25, -0.2) is 0 Å². The number of nitrogens with zero attached hydrogens (tertiary/aromatic N) is 2. The molecule has 140 valence electrons. The Hall–Kier alpha value is -3.21. The Morgan fingerprint density at radius 3 is 2.22 bits per heavy atom. The molecule has 5 heteroatoms. The summed E-state index contributed by atoms with van der Waals surface area (Å²) < 4.78 is 12.7. The third-order valence-corrected chi connectivity index (χ3v) is 4.73. The van der Waals surface area contributed by atoms with Gasteiger partial charge in [-0.1, -0.05) is 18.2 Å². The molecule has 0 saturated heterocycles. The van der Waals surface area contributed by atoms with Gasteiger partial charge in [-0.05, 0) is 44.2 Å². The fourth-order valence-corrected chi connectivity index (χ4v) is 3.29. The standard InChI is InChI=1S/C22H24N2O3/c1-15-13-19(16(2)24(15)17-9-7-6-8-10-17)22(25)23(3)18-11-12-20(26-4)21(14-18)27-5/h6-14H,1-5H3. The minimum absolute atomic E-state index is 0.0718. The second kappa shape index (κ2) is 7.58. The number of aryl methyl sites for hydroxylation is 1. The molecule has 27 heavy (non-hydrogen) atoms. The predicted molar refractivity (Wildman–Crippen MR) is 108 cm³/mol. The van der Waals surface area contributed by atoms with Crippen LogP contribution in [-0.2, 0) is 0 Å². The van der Waals surface area contributed by atoms with Crippen LogP contribution in [0.3, 0.4) is 0 Å². The molecule has 0 radical (unpaired) electrons. The van der Waals surface area contributed by atoms with Crippen molar-refractivity contribution in [3.05, 3.63) is 71.5 Å². The molecular weight excluding hydrogens is 340 g/mol. The molecule has 1 amide bonds. The Bertz CT molecular complexity index is 961. The van der Waals surface area contributed by atoms with Crippen LogP contribution >= 0.6 is 0 Å². The second-order valence-corrected chi connectivity index (χ2v) is 6.36. The van der Waals surface area contributed by atoms with E-state index in [1.165, 1.54) is 0 Å². The van der Waals surface area contributed by atoms with Crippen molar-refractivity contribution in [1.82, 2.24) is 4.57 Å². The lowest BCUT2D eigenvalue weighted by Crippen LogP contribution is -2.26. The van der Waals surface area contributed by atoms with E-state index in [1.807, 2.05) is 56.3 Å². The maximum absolute atomic E-state index is 13.2. The number of carbonyl (C=O) groups excluding carboxylic acids is 1. The fraction of sp³-hybridized carbons (Fsp3) is 0.227. The van der Waals surface area contributed by atoms with Crippen LogP contribution in [0.15, 0.2) is 54.6 Å². The number of anilines is 1. The highest BCUT2D eigenvalue weighted by Crippen LogP contribution is 2.32. The predicted octanol–water partition coefficient (Wildman–Crippen LogP) is 4.39. The number of carbonyl (C=O) groups is 1. The zero-order valence-electron chi connectivity index (χ0n) is 16.3. The van der Waals surface area contributed by atoms with Crippen molar-refractivity contribution in [1.29, 1.82) is 0 Å². The molecule has 0 N–H and O–H groups in total. The summed E-state index contributed by atoms with van der Waals surface area (Å²) in [6.07, 6.45) is 0. The molecule has 3 aromatic rings. The summed E-state index contributed by atoms with van der Waals surface area (Å²) in [7, 11) is 4.93. The number of hydrogen-bond acceptors (Lipinski definition) is 3. The van der Waals surface area contributed by atoms with E-state index in [2.05, 4.69) is 4.57 Å². The van der Waals surface area contributed by atoms with E-state index in [1.54, 1.807) is 38.3 Å². The molecule has 0 fully saturated rings. The minimum Gasteiger partial charge on any atom is -0.493 e. The zero-order valence-corrected chi connectivity index (χ0v) is 16.3. The van der Waals surface area contributed by atoms with E-state index in [0.29, 0.717) is 17.1 Å². The molecule has 0 spiro atoms. The first kappa shape index (κ1) is 18.6. The third-order valence-electron chi connectivity index (χ3n) is 4.73. The van der Waals surface area contributed by atoms with Crippen molar-refractivity contribution in [3.8, 4) is 17.2 Å². The van der Waals surface area contributed by atoms with Crippen molar-refractivity contribution in [3.63, 3.8) is 0 Å². The summed E-state index contributed by atoms with van der Waals surface area (Å²) in [5, 5.41) is 0. The Kier molecular flexibility index (Phi) is 5.21. The van der Waals surface area contributed by atoms with Crippen molar-refractivity contribution in [2.24, 2.45) is 0 Å². The lowest BCUT2D eigenvalue weighted by Gasteiger charge is -2.19. The van der Waals surface area contributed by atoms with Crippen LogP contribution in [0.5, 0.6) is 11.5 Å². The smallest absolute Gasteiger partial charge is 0.259 e. The summed E-state index contributed by atoms with van der Waals surface area (Å²) in [5.41, 5.74) is 4.38. The Morgan fingerprint density at radius 1 is 0.926 bits per heavy atom. The van der Waals surface area contributed by atoms with Gasteiger partial charge < -0.3 is 18.9 Å². The Morgan fingerprint density at radius 2 is 1.59 bits per heavy atom. The SMILES string of the molecule is COc1ccc(N(C)C(=O)c2cc(C)n(-c3ccccc3)c2C)cc1OC. The number of para-hydroxylation sites is 1. The van der Waals surface area contributed by atoms with Crippen molar-refractivity contribution in [2.45, 2.75) is 13.8 Å². The minimum atomic E-state index is -0.0718. The average molecular weight is 364 g/mol. The molecule has 0 aliphatic rings. The Labute approximate surface area is 159 Å². The molecule has 0 saturated carbocycles. The summed E-state index contributed by atoms with van der Waals surface area (Å²) in [4.78, 5) is 14.8. The van der Waals surface area contributed by atoms with E-state index in [4.69, 9.17) is 9.47 Å². The quantitative estimate of drug-likeness (QED) is 0.674. The van der Waals surface area contributed by atoms with E-state index in [9.17, 15) is 4.79 Å². The number of hydrogen-bond donors (Lipinski definition) is 0. The van der Waals surface area contributed by atoms with Crippen LogP contribution in [0.2, 0.25) is 0 Å². The number of ether oxygens (including phenoxy) is 2. The normalized spacial score (nSPS) is 10.6. The van der Waals surface area contributed by atoms with Gasteiger partial charge in [0.15, 0.2) is 11.5 Å². The van der Waals surface area contributed by atoms with Crippen molar-refractivity contribution >= 4 is 11.6 Å². The van der Waals surface area contributed by atoms with Crippen LogP contribution < -0.4 is 14.4 Å². The van der Waals surface area contributed by atoms with Gasteiger partial charge in [-0.3, -0.25) is 4.79 Å². The van der Waals surface area contributed by atoms with Crippen molar-refractivity contribution in [2.75, 3.05) is 26.2 Å². The number of amides is 1. The van der Waals surface area contributed by atoms with Gasteiger partial charge in [-0.15, -0.1) is 0 Å². The molecule has 0 unspecified atom stereocenters. The van der Waals surface area contributed by atoms with Crippen LogP contribution in [-0.4, -0.2) is 31.7 Å². The molecule has 5 nitrogen and oxygen atoms in total. The van der Waals surface area contributed by atoms with Crippen LogP contribution in [0.1, 0.15) is 21.7 Å². The molecule has 1 aromatic heterocycles. The van der Waals surface area contributed by atoms with Crippen LogP contribution in [0, 0.1) is 13.8 Å². The van der Waals surface area contributed by atoms with Gasteiger partial charge in [-0.2, -0.15) is 0 Å². The maximum atomic E-state index is 13.2. The number of aromatic nitrogens is 1. The largest absolute Gasteiger partial charge is 0.493 e. The molecule has 3 rings (SSSR count). The van der Waals surface area contributed by atoms with E-state index in [-0.39, 0.29) is 5.91 Å². The maximum Gasteiger partial charge on any atom is 0.259 e. The highest BCUT2D eigenvalue weighted by Gasteiger charge is 2.21. The second-order valence-electron chi connectivity index (χ2n) is 6.36. The highest BCUT2D eigenvalue weighted by atomic mass is 16.5. The number of methoxy groups -OCH3 is 2. The molecule has 2 aromatic carbocycles. The molecule has 0 atom stereocenters. The van der Waals surface area contributed by atoms with E-state index in [0.717, 1.165) is 22.8 Å². The zero-order chi connectivity index (χ0) is 19.6. The van der Waals surface area contributed by atoms with Crippen LogP contribution in [0.25, 0.3) is 5.69 Å². The molecule has 0 aliphatic heterocycles. The van der Waals surface area contributed by atoms with E-state index < -0.39 is 0 Å². The van der Waals surface area contributed by atoms with Gasteiger partial charge in [0.05, 0.1) is 19.8 Å². The lowest BCUT2D eigenvalue weighted by atomic mass is 10.2. The lowest BCUT2D eigenvalue weighted by molar-refractivity contribution is 0.0992. The summed E-state index contributed by atoms with van der Waals surface area (Å²) >= 11 is 0. The summed E-state index contributed by atoms with van der Waals surface area (Å²) in [6, 6.07) is 17.4. The number of benzene rings is 2. The fourth-order valence-electron chi connectivity index (χ4n) is 3.29. The molecule has 0 aliphatic carbocycles. The third kappa shape index (κ3) is 3.40. The highest BCUT2D eigenvalue weighted by molar-refractivity contribution is 6.07. The van der Waals surface area contributed by atoms with E-state index >= 15 is 0 Å². The Balaban J connectivity index is 1.97. The summed E-state index contributed by atoms with van der Waals surface area (Å²) in [5.74, 6) is 1.14.